The molecular weight excluding hydrogens is 612 g/mol. The molecule has 2 amide bonds. The number of rotatable bonds is 13. The highest BCUT2D eigenvalue weighted by Gasteiger charge is 2.20. The number of halogens is 4. The maximum atomic E-state index is 14.8. The van der Waals surface area contributed by atoms with Gasteiger partial charge in [0.1, 0.15) is 5.60 Å². The van der Waals surface area contributed by atoms with Gasteiger partial charge in [0.2, 0.25) is 12.2 Å². The second kappa shape index (κ2) is 14.9. The smallest absolute Gasteiger partial charge is 0.407 e. The van der Waals surface area contributed by atoms with Crippen LogP contribution in [0.4, 0.5) is 33.9 Å². The number of ether oxygens (including phenoxy) is 3. The van der Waals surface area contributed by atoms with Crippen molar-refractivity contribution in [3.05, 3.63) is 71.7 Å². The van der Waals surface area contributed by atoms with Gasteiger partial charge in [0.25, 0.3) is 5.91 Å². The van der Waals surface area contributed by atoms with E-state index < -0.39 is 42.1 Å². The van der Waals surface area contributed by atoms with Crippen molar-refractivity contribution < 1.29 is 41.4 Å². The molecule has 0 aliphatic rings. The van der Waals surface area contributed by atoms with E-state index in [-0.39, 0.29) is 65.9 Å². The van der Waals surface area contributed by atoms with Gasteiger partial charge in [0.05, 0.1) is 32.2 Å². The molecule has 0 spiro atoms. The monoisotopic (exact) mass is 646 g/mol. The normalized spacial score (nSPS) is 11.5. The molecule has 2 aromatic heterocycles. The first-order valence-corrected chi connectivity index (χ1v) is 14.2. The minimum Gasteiger partial charge on any atom is -0.494 e. The van der Waals surface area contributed by atoms with Gasteiger partial charge in [0.15, 0.2) is 23.0 Å². The number of carbonyl (C=O) groups excluding carboxylic acids is 2. The minimum absolute atomic E-state index is 0.0552. The molecule has 11 nitrogen and oxygen atoms in total. The van der Waals surface area contributed by atoms with Crippen molar-refractivity contribution in [1.29, 1.82) is 0 Å². The van der Waals surface area contributed by atoms with Crippen LogP contribution in [0, 0.1) is 11.6 Å². The van der Waals surface area contributed by atoms with Crippen LogP contribution >= 0.6 is 0 Å². The standard InChI is InChI=1S/C31H34F4N6O5/c1-31(2,3)46-30(43)38-11-14-45-13-10-37-29(42)20-6-5-19(15-18(20)16-24(32)33)40-27-28-39-17-22(41(28)12-9-36-27)21-7-8-23(44-4)26(35)25(21)34/h5-9,12,15,17,24H,10-11,13-14,16H2,1-4H3,(H,36,40)(H,37,42)(H,38,43). The molecule has 0 unspecified atom stereocenters. The lowest BCUT2D eigenvalue weighted by Gasteiger charge is -2.19. The molecule has 2 aromatic carbocycles. The summed E-state index contributed by atoms with van der Waals surface area (Å²) in [7, 11) is 1.23. The predicted octanol–water partition coefficient (Wildman–Crippen LogP) is 5.51. The van der Waals surface area contributed by atoms with Crippen molar-refractivity contribution in [3.63, 3.8) is 0 Å². The fourth-order valence-corrected chi connectivity index (χ4v) is 4.43. The van der Waals surface area contributed by atoms with E-state index in [4.69, 9.17) is 14.2 Å². The molecular formula is C31H34F4N6O5. The molecule has 4 aromatic rings. The van der Waals surface area contributed by atoms with Gasteiger partial charge in [-0.1, -0.05) is 0 Å². The van der Waals surface area contributed by atoms with Crippen LogP contribution < -0.4 is 20.7 Å². The van der Waals surface area contributed by atoms with Crippen molar-refractivity contribution in [2.45, 2.75) is 39.2 Å². The van der Waals surface area contributed by atoms with Gasteiger partial charge in [-0.15, -0.1) is 0 Å². The third-order valence-electron chi connectivity index (χ3n) is 6.40. The summed E-state index contributed by atoms with van der Waals surface area (Å²) in [6, 6.07) is 7.01. The Kier molecular flexibility index (Phi) is 11.0. The Morgan fingerprint density at radius 1 is 1.00 bits per heavy atom. The number of carbonyl (C=O) groups is 2. The van der Waals surface area contributed by atoms with E-state index >= 15 is 0 Å². The maximum absolute atomic E-state index is 14.8. The fraction of sp³-hybridized carbons (Fsp3) is 0.355. The van der Waals surface area contributed by atoms with Gasteiger partial charge in [0, 0.05) is 48.7 Å². The van der Waals surface area contributed by atoms with Gasteiger partial charge in [-0.2, -0.15) is 4.39 Å². The van der Waals surface area contributed by atoms with Crippen molar-refractivity contribution in [3.8, 4) is 17.0 Å². The first kappa shape index (κ1) is 34.0. The number of nitrogens with one attached hydrogen (secondary N) is 3. The molecule has 0 aliphatic carbocycles. The Morgan fingerprint density at radius 3 is 2.43 bits per heavy atom. The molecule has 4 rings (SSSR count). The number of imidazole rings is 1. The topological polar surface area (TPSA) is 128 Å². The number of anilines is 2. The van der Waals surface area contributed by atoms with E-state index in [1.54, 1.807) is 20.8 Å². The summed E-state index contributed by atoms with van der Waals surface area (Å²) in [5, 5.41) is 8.19. The summed E-state index contributed by atoms with van der Waals surface area (Å²) in [6.07, 6.45) is 0.300. The molecule has 3 N–H and O–H groups in total. The zero-order valence-corrected chi connectivity index (χ0v) is 25.6. The molecule has 15 heteroatoms. The number of fused-ring (bicyclic) bond motifs is 1. The molecule has 0 aliphatic heterocycles. The van der Waals surface area contributed by atoms with E-state index in [0.717, 1.165) is 0 Å². The van der Waals surface area contributed by atoms with Gasteiger partial charge >= 0.3 is 6.09 Å². The average molecular weight is 647 g/mol. The van der Waals surface area contributed by atoms with Crippen LogP contribution in [0.5, 0.6) is 5.75 Å². The SMILES string of the molecule is COc1ccc(-c2cnc3c(Nc4ccc(C(=O)NCCOCCNC(=O)OC(C)(C)C)c(CC(F)F)c4)nccn23)c(F)c1F. The second-order valence-electron chi connectivity index (χ2n) is 10.9. The van der Waals surface area contributed by atoms with Gasteiger partial charge in [-0.3, -0.25) is 9.20 Å². The number of nitrogens with zero attached hydrogens (tertiary/aromatic N) is 3. The maximum Gasteiger partial charge on any atom is 0.407 e. The molecule has 0 saturated carbocycles. The van der Waals surface area contributed by atoms with E-state index in [1.165, 1.54) is 60.4 Å². The van der Waals surface area contributed by atoms with Gasteiger partial charge in [-0.25, -0.2) is 27.9 Å². The molecule has 2 heterocycles. The Hall–Kier alpha value is -4.92. The zero-order valence-electron chi connectivity index (χ0n) is 25.6. The van der Waals surface area contributed by atoms with Gasteiger partial charge < -0.3 is 30.2 Å². The fourth-order valence-electron chi connectivity index (χ4n) is 4.43. The lowest BCUT2D eigenvalue weighted by molar-refractivity contribution is 0.0500. The summed E-state index contributed by atoms with van der Waals surface area (Å²) in [5.74, 6) is -2.85. The van der Waals surface area contributed by atoms with Crippen molar-refractivity contribution >= 4 is 29.2 Å². The highest BCUT2D eigenvalue weighted by Crippen LogP contribution is 2.32. The van der Waals surface area contributed by atoms with E-state index in [0.29, 0.717) is 5.69 Å². The summed E-state index contributed by atoms with van der Waals surface area (Å²) in [5.41, 5.74) is 0.320. The number of methoxy groups -OCH3 is 1. The highest BCUT2D eigenvalue weighted by atomic mass is 19.3. The van der Waals surface area contributed by atoms with E-state index in [9.17, 15) is 27.2 Å². The number of aromatic nitrogens is 3. The Bertz CT molecular complexity index is 1690. The highest BCUT2D eigenvalue weighted by molar-refractivity contribution is 5.96. The molecule has 0 atom stereocenters. The van der Waals surface area contributed by atoms with Crippen LogP contribution in [0.1, 0.15) is 36.7 Å². The molecule has 246 valence electrons. The third-order valence-corrected chi connectivity index (χ3v) is 6.40. The van der Waals surface area contributed by atoms with E-state index in [1.807, 2.05) is 0 Å². The minimum atomic E-state index is -2.72. The number of alkyl carbamates (subject to hydrolysis) is 1. The van der Waals surface area contributed by atoms with Crippen molar-refractivity contribution in [2.75, 3.05) is 38.7 Å². The number of hydrogen-bond acceptors (Lipinski definition) is 8. The van der Waals surface area contributed by atoms with Crippen LogP contribution in [-0.2, 0) is 15.9 Å². The summed E-state index contributed by atoms with van der Waals surface area (Å²) in [6.45, 7) is 5.85. The number of alkyl halides is 2. The first-order valence-electron chi connectivity index (χ1n) is 14.2. The number of amides is 2. The summed E-state index contributed by atoms with van der Waals surface area (Å²) in [4.78, 5) is 33.0. The Morgan fingerprint density at radius 2 is 1.74 bits per heavy atom. The zero-order chi connectivity index (χ0) is 33.4. The van der Waals surface area contributed by atoms with Crippen molar-refractivity contribution in [2.24, 2.45) is 0 Å². The number of hydrogen-bond donors (Lipinski definition) is 3. The second-order valence-corrected chi connectivity index (χ2v) is 10.9. The molecule has 0 fully saturated rings. The number of benzene rings is 2. The molecule has 0 radical (unpaired) electrons. The first-order chi connectivity index (χ1) is 21.9. The summed E-state index contributed by atoms with van der Waals surface area (Å²) < 4.78 is 73.0. The van der Waals surface area contributed by atoms with Crippen LogP contribution in [-0.4, -0.2) is 71.8 Å². The Balaban J connectivity index is 1.42. The largest absolute Gasteiger partial charge is 0.494 e. The molecule has 46 heavy (non-hydrogen) atoms. The van der Waals surface area contributed by atoms with Crippen LogP contribution in [0.2, 0.25) is 0 Å². The van der Waals surface area contributed by atoms with E-state index in [2.05, 4.69) is 25.9 Å². The quantitative estimate of drug-likeness (QED) is 0.128. The predicted molar refractivity (Wildman–Crippen MR) is 162 cm³/mol. The lowest BCUT2D eigenvalue weighted by atomic mass is 10.0. The van der Waals surface area contributed by atoms with Crippen LogP contribution in [0.3, 0.4) is 0 Å². The lowest BCUT2D eigenvalue weighted by Crippen LogP contribution is -2.34. The van der Waals surface area contributed by atoms with Crippen LogP contribution in [0.15, 0.2) is 48.9 Å². The van der Waals surface area contributed by atoms with Crippen molar-refractivity contribution in [1.82, 2.24) is 25.0 Å². The van der Waals surface area contributed by atoms with Crippen LogP contribution in [0.25, 0.3) is 16.9 Å². The summed E-state index contributed by atoms with van der Waals surface area (Å²) >= 11 is 0. The molecule has 0 bridgehead atoms. The third kappa shape index (κ3) is 8.62. The average Bonchev–Trinajstić information content (AvgIpc) is 3.42. The van der Waals surface area contributed by atoms with Gasteiger partial charge in [-0.05, 0) is 56.7 Å². The Labute approximate surface area is 262 Å². The molecule has 0 saturated heterocycles.